The molecule has 1 aliphatic rings. The standard InChI is InChI=1S/C19H27N3O3S/c1-6-25-19(24)15-12(4)14-17(23)20-16(21-18(14)26-15)13(5)22-8-10(2)7-11(3)9-22/h10-11,13H,6-9H2,1-5H3,(H,20,21,23)/t10-,11-,13+/m0/s1. The van der Waals surface area contributed by atoms with Gasteiger partial charge in [0.15, 0.2) is 0 Å². The third-order valence-corrected chi connectivity index (χ3v) is 6.29. The van der Waals surface area contributed by atoms with E-state index in [4.69, 9.17) is 9.72 Å². The zero-order chi connectivity index (χ0) is 19.0. The normalized spacial score (nSPS) is 22.5. The summed E-state index contributed by atoms with van der Waals surface area (Å²) in [7, 11) is 0. The van der Waals surface area contributed by atoms with Crippen LogP contribution in [0.4, 0.5) is 0 Å². The van der Waals surface area contributed by atoms with Gasteiger partial charge in [0, 0.05) is 13.1 Å². The Kier molecular flexibility index (Phi) is 5.48. The fourth-order valence-corrected chi connectivity index (χ4v) is 5.03. The Morgan fingerprint density at radius 2 is 2.04 bits per heavy atom. The van der Waals surface area contributed by atoms with Crippen LogP contribution in [-0.2, 0) is 4.74 Å². The van der Waals surface area contributed by atoms with Gasteiger partial charge in [-0.2, -0.15) is 0 Å². The summed E-state index contributed by atoms with van der Waals surface area (Å²) in [6.07, 6.45) is 1.24. The van der Waals surface area contributed by atoms with Crippen LogP contribution in [0.15, 0.2) is 4.79 Å². The minimum atomic E-state index is -0.388. The maximum Gasteiger partial charge on any atom is 0.348 e. The fourth-order valence-electron chi connectivity index (χ4n) is 3.95. The van der Waals surface area contributed by atoms with Crippen LogP contribution in [0.2, 0.25) is 0 Å². The zero-order valence-electron chi connectivity index (χ0n) is 16.1. The highest BCUT2D eigenvalue weighted by Gasteiger charge is 2.28. The number of nitrogens with one attached hydrogen (secondary N) is 1. The van der Waals surface area contributed by atoms with Gasteiger partial charge in [-0.15, -0.1) is 11.3 Å². The molecule has 0 saturated carbocycles. The fraction of sp³-hybridized carbons (Fsp3) is 0.632. The van der Waals surface area contributed by atoms with Crippen molar-refractivity contribution in [1.29, 1.82) is 0 Å². The van der Waals surface area contributed by atoms with Crippen molar-refractivity contribution in [2.75, 3.05) is 19.7 Å². The molecule has 6 nitrogen and oxygen atoms in total. The van der Waals surface area contributed by atoms with Gasteiger partial charge in [-0.05, 0) is 44.6 Å². The van der Waals surface area contributed by atoms with E-state index in [1.54, 1.807) is 13.8 Å². The number of thiophene rings is 1. The van der Waals surface area contributed by atoms with Crippen molar-refractivity contribution in [2.45, 2.75) is 47.1 Å². The molecule has 0 radical (unpaired) electrons. The van der Waals surface area contributed by atoms with Crippen molar-refractivity contribution in [1.82, 2.24) is 14.9 Å². The SMILES string of the molecule is CCOC(=O)c1sc2nc([C@@H](C)N3C[C@@H](C)C[C@H](C)C3)[nH]c(=O)c2c1C. The number of ether oxygens (including phenoxy) is 1. The monoisotopic (exact) mass is 377 g/mol. The molecule has 2 aromatic rings. The number of nitrogens with zero attached hydrogens (tertiary/aromatic N) is 2. The Bertz CT molecular complexity index is 863. The average Bonchev–Trinajstić information content (AvgIpc) is 2.90. The lowest BCUT2D eigenvalue weighted by atomic mass is 9.91. The number of hydrogen-bond donors (Lipinski definition) is 1. The van der Waals surface area contributed by atoms with Gasteiger partial charge >= 0.3 is 5.97 Å². The van der Waals surface area contributed by atoms with Crippen molar-refractivity contribution in [3.8, 4) is 0 Å². The van der Waals surface area contributed by atoms with Gasteiger partial charge in [-0.1, -0.05) is 13.8 Å². The highest BCUT2D eigenvalue weighted by atomic mass is 32.1. The third kappa shape index (κ3) is 3.55. The topological polar surface area (TPSA) is 75.3 Å². The zero-order valence-corrected chi connectivity index (χ0v) is 16.9. The Labute approximate surface area is 157 Å². The first kappa shape index (κ1) is 19.0. The van der Waals surface area contributed by atoms with E-state index in [0.29, 0.717) is 44.9 Å². The molecule has 2 aromatic heterocycles. The molecular weight excluding hydrogens is 350 g/mol. The summed E-state index contributed by atoms with van der Waals surface area (Å²) in [6, 6.07) is 0.0331. The molecule has 3 rings (SSSR count). The van der Waals surface area contributed by atoms with E-state index in [9.17, 15) is 9.59 Å². The third-order valence-electron chi connectivity index (χ3n) is 5.12. The summed E-state index contributed by atoms with van der Waals surface area (Å²) in [5, 5.41) is 0.495. The smallest absolute Gasteiger partial charge is 0.348 e. The van der Waals surface area contributed by atoms with Gasteiger partial charge < -0.3 is 9.72 Å². The average molecular weight is 378 g/mol. The van der Waals surface area contributed by atoms with E-state index in [1.165, 1.54) is 17.8 Å². The summed E-state index contributed by atoms with van der Waals surface area (Å²) in [6.45, 7) is 12.5. The van der Waals surface area contributed by atoms with Crippen LogP contribution in [0.3, 0.4) is 0 Å². The number of H-pyrrole nitrogens is 1. The Morgan fingerprint density at radius 1 is 1.38 bits per heavy atom. The number of carbonyl (C=O) groups excluding carboxylic acids is 1. The van der Waals surface area contributed by atoms with Gasteiger partial charge in [0.1, 0.15) is 15.5 Å². The van der Waals surface area contributed by atoms with Crippen molar-refractivity contribution in [3.05, 3.63) is 26.6 Å². The van der Waals surface area contributed by atoms with Crippen LogP contribution in [0.5, 0.6) is 0 Å². The van der Waals surface area contributed by atoms with E-state index in [1.807, 2.05) is 0 Å². The van der Waals surface area contributed by atoms with E-state index in [-0.39, 0.29) is 17.6 Å². The molecule has 1 saturated heterocycles. The predicted molar refractivity (Wildman–Crippen MR) is 104 cm³/mol. The van der Waals surface area contributed by atoms with Crippen molar-refractivity contribution >= 4 is 27.5 Å². The molecule has 1 N–H and O–H groups in total. The molecule has 1 aliphatic heterocycles. The molecule has 0 aromatic carbocycles. The second-order valence-electron chi connectivity index (χ2n) is 7.48. The summed E-state index contributed by atoms with van der Waals surface area (Å²) in [5.74, 6) is 1.55. The van der Waals surface area contributed by atoms with Gasteiger partial charge in [0.2, 0.25) is 0 Å². The maximum absolute atomic E-state index is 12.7. The molecule has 0 spiro atoms. The maximum atomic E-state index is 12.7. The lowest BCUT2D eigenvalue weighted by Crippen LogP contribution is -2.41. The second kappa shape index (κ2) is 7.48. The number of rotatable bonds is 4. The number of aromatic nitrogens is 2. The van der Waals surface area contributed by atoms with E-state index in [2.05, 4.69) is 30.7 Å². The Hall–Kier alpha value is -1.73. The number of aromatic amines is 1. The second-order valence-corrected chi connectivity index (χ2v) is 8.48. The van der Waals surface area contributed by atoms with Gasteiger partial charge in [0.05, 0.1) is 18.0 Å². The van der Waals surface area contributed by atoms with Crippen LogP contribution in [0.25, 0.3) is 10.2 Å². The molecule has 7 heteroatoms. The molecule has 0 bridgehead atoms. The first-order valence-electron chi connectivity index (χ1n) is 9.26. The minimum absolute atomic E-state index is 0.0331. The Morgan fingerprint density at radius 3 is 2.65 bits per heavy atom. The van der Waals surface area contributed by atoms with E-state index >= 15 is 0 Å². The summed E-state index contributed by atoms with van der Waals surface area (Å²) >= 11 is 1.24. The quantitative estimate of drug-likeness (QED) is 0.825. The van der Waals surface area contributed by atoms with Crippen molar-refractivity contribution in [2.24, 2.45) is 11.8 Å². The number of likely N-dealkylation sites (tertiary alicyclic amines) is 1. The predicted octanol–water partition coefficient (Wildman–Crippen LogP) is 3.51. The molecule has 0 amide bonds. The van der Waals surface area contributed by atoms with E-state index in [0.717, 1.165) is 13.1 Å². The molecule has 0 unspecified atom stereocenters. The number of esters is 1. The number of carbonyl (C=O) groups is 1. The summed E-state index contributed by atoms with van der Waals surface area (Å²) < 4.78 is 5.10. The summed E-state index contributed by atoms with van der Waals surface area (Å²) in [5.41, 5.74) is 0.468. The molecular formula is C19H27N3O3S. The van der Waals surface area contributed by atoms with Crippen LogP contribution in [0, 0.1) is 18.8 Å². The first-order chi connectivity index (χ1) is 12.3. The van der Waals surface area contributed by atoms with E-state index < -0.39 is 0 Å². The van der Waals surface area contributed by atoms with Gasteiger partial charge in [-0.25, -0.2) is 9.78 Å². The highest BCUT2D eigenvalue weighted by Crippen LogP contribution is 2.31. The first-order valence-corrected chi connectivity index (χ1v) is 10.1. The Balaban J connectivity index is 1.98. The number of piperidine rings is 1. The largest absolute Gasteiger partial charge is 0.462 e. The van der Waals surface area contributed by atoms with Crippen LogP contribution < -0.4 is 5.56 Å². The molecule has 1 fully saturated rings. The van der Waals surface area contributed by atoms with Crippen LogP contribution in [0.1, 0.15) is 61.2 Å². The molecule has 26 heavy (non-hydrogen) atoms. The minimum Gasteiger partial charge on any atom is -0.462 e. The van der Waals surface area contributed by atoms with Gasteiger partial charge in [-0.3, -0.25) is 9.69 Å². The van der Waals surface area contributed by atoms with Crippen LogP contribution >= 0.6 is 11.3 Å². The van der Waals surface area contributed by atoms with Crippen molar-refractivity contribution < 1.29 is 9.53 Å². The molecule has 3 heterocycles. The van der Waals surface area contributed by atoms with Crippen LogP contribution in [-0.4, -0.2) is 40.5 Å². The van der Waals surface area contributed by atoms with Gasteiger partial charge in [0.25, 0.3) is 5.56 Å². The summed E-state index contributed by atoms with van der Waals surface area (Å²) in [4.78, 5) is 35.9. The number of fused-ring (bicyclic) bond motifs is 1. The molecule has 142 valence electrons. The number of hydrogen-bond acceptors (Lipinski definition) is 6. The lowest BCUT2D eigenvalue weighted by molar-refractivity contribution is 0.0531. The molecule has 0 aliphatic carbocycles. The number of aryl methyl sites for hydroxylation is 1. The lowest BCUT2D eigenvalue weighted by Gasteiger charge is -2.38. The molecule has 3 atom stereocenters. The van der Waals surface area contributed by atoms with Crippen molar-refractivity contribution in [3.63, 3.8) is 0 Å². The highest BCUT2D eigenvalue weighted by molar-refractivity contribution is 7.20.